The molecule has 1 aliphatic heterocycles. The van der Waals surface area contributed by atoms with E-state index in [9.17, 15) is 0 Å². The second kappa shape index (κ2) is 5.29. The van der Waals surface area contributed by atoms with Gasteiger partial charge in [-0.05, 0) is 51.1 Å². The first kappa shape index (κ1) is 13.4. The van der Waals surface area contributed by atoms with Gasteiger partial charge < -0.3 is 14.8 Å². The molecule has 18 heavy (non-hydrogen) atoms. The summed E-state index contributed by atoms with van der Waals surface area (Å²) >= 11 is 0. The molecule has 3 nitrogen and oxygen atoms in total. The van der Waals surface area contributed by atoms with Gasteiger partial charge in [-0.1, -0.05) is 6.07 Å². The predicted octanol–water partition coefficient (Wildman–Crippen LogP) is 2.19. The quantitative estimate of drug-likeness (QED) is 0.867. The molecule has 1 aromatic rings. The van der Waals surface area contributed by atoms with Crippen molar-refractivity contribution < 1.29 is 9.47 Å². The fraction of sp³-hybridized carbons (Fsp3) is 0.600. The maximum absolute atomic E-state index is 5.57. The van der Waals surface area contributed by atoms with E-state index in [0.717, 1.165) is 31.9 Å². The normalized spacial score (nSPS) is 17.3. The molecule has 0 spiro atoms. The first-order chi connectivity index (χ1) is 8.63. The summed E-state index contributed by atoms with van der Waals surface area (Å²) < 4.78 is 11.0. The van der Waals surface area contributed by atoms with Gasteiger partial charge in [-0.2, -0.15) is 0 Å². The highest BCUT2D eigenvalue weighted by atomic mass is 16.5. The number of ether oxygens (including phenoxy) is 2. The molecule has 3 heteroatoms. The Morgan fingerprint density at radius 1 is 1.28 bits per heavy atom. The van der Waals surface area contributed by atoms with Gasteiger partial charge in [0.1, 0.15) is 5.75 Å². The van der Waals surface area contributed by atoms with Crippen LogP contribution in [0, 0.1) is 13.8 Å². The van der Waals surface area contributed by atoms with E-state index in [1.54, 1.807) is 7.11 Å². The Hall–Kier alpha value is -1.06. The van der Waals surface area contributed by atoms with Gasteiger partial charge in [0.2, 0.25) is 0 Å². The van der Waals surface area contributed by atoms with Crippen LogP contribution in [0.5, 0.6) is 5.75 Å². The van der Waals surface area contributed by atoms with E-state index < -0.39 is 0 Å². The van der Waals surface area contributed by atoms with Gasteiger partial charge in [-0.3, -0.25) is 0 Å². The summed E-state index contributed by atoms with van der Waals surface area (Å²) in [5.74, 6) is 0.998. The third-order valence-electron chi connectivity index (χ3n) is 4.00. The maximum Gasteiger partial charge on any atom is 0.123 e. The first-order valence-electron chi connectivity index (χ1n) is 6.51. The van der Waals surface area contributed by atoms with Crippen LogP contribution in [0.25, 0.3) is 0 Å². The molecule has 1 heterocycles. The highest BCUT2D eigenvalue weighted by molar-refractivity contribution is 5.47. The van der Waals surface area contributed by atoms with Crippen molar-refractivity contribution in [2.75, 3.05) is 33.9 Å². The standard InChI is InChI=1S/C15H23NO2/c1-11-7-13(14(17-4)8-12(11)2)15(5-6-16-3)9-18-10-15/h7-8,16H,5-6,9-10H2,1-4H3. The second-order valence-electron chi connectivity index (χ2n) is 5.26. The van der Waals surface area contributed by atoms with Crippen LogP contribution in [0.3, 0.4) is 0 Å². The van der Waals surface area contributed by atoms with Gasteiger partial charge in [0, 0.05) is 11.0 Å². The predicted molar refractivity (Wildman–Crippen MR) is 73.5 cm³/mol. The number of hydrogen-bond acceptors (Lipinski definition) is 3. The van der Waals surface area contributed by atoms with Crippen molar-refractivity contribution in [2.45, 2.75) is 25.7 Å². The van der Waals surface area contributed by atoms with E-state index in [4.69, 9.17) is 9.47 Å². The number of rotatable bonds is 5. The SMILES string of the molecule is CNCCC1(c2cc(C)c(C)cc2OC)COC1. The highest BCUT2D eigenvalue weighted by Crippen LogP contribution is 2.41. The smallest absolute Gasteiger partial charge is 0.123 e. The minimum absolute atomic E-state index is 0.132. The van der Waals surface area contributed by atoms with Crippen LogP contribution in [-0.4, -0.2) is 33.9 Å². The van der Waals surface area contributed by atoms with Crippen LogP contribution in [0.15, 0.2) is 12.1 Å². The average Bonchev–Trinajstić information content (AvgIpc) is 2.32. The Morgan fingerprint density at radius 3 is 2.44 bits per heavy atom. The molecule has 0 amide bonds. The zero-order valence-electron chi connectivity index (χ0n) is 11.8. The van der Waals surface area contributed by atoms with Crippen LogP contribution >= 0.6 is 0 Å². The largest absolute Gasteiger partial charge is 0.496 e. The van der Waals surface area contributed by atoms with Gasteiger partial charge in [0.15, 0.2) is 0 Å². The molecule has 0 radical (unpaired) electrons. The minimum Gasteiger partial charge on any atom is -0.496 e. The van der Waals surface area contributed by atoms with Gasteiger partial charge in [-0.25, -0.2) is 0 Å². The minimum atomic E-state index is 0.132. The Morgan fingerprint density at radius 2 is 1.94 bits per heavy atom. The summed E-state index contributed by atoms with van der Waals surface area (Å²) in [4.78, 5) is 0. The van der Waals surface area contributed by atoms with Crippen LogP contribution < -0.4 is 10.1 Å². The van der Waals surface area contributed by atoms with Crippen LogP contribution in [-0.2, 0) is 10.2 Å². The average molecular weight is 249 g/mol. The monoisotopic (exact) mass is 249 g/mol. The van der Waals surface area contributed by atoms with Gasteiger partial charge in [0.05, 0.1) is 20.3 Å². The summed E-state index contributed by atoms with van der Waals surface area (Å²) in [7, 11) is 3.74. The Balaban J connectivity index is 2.38. The summed E-state index contributed by atoms with van der Waals surface area (Å²) in [6, 6.07) is 4.41. The zero-order valence-corrected chi connectivity index (χ0v) is 11.8. The van der Waals surface area contributed by atoms with E-state index in [2.05, 4.69) is 31.3 Å². The summed E-state index contributed by atoms with van der Waals surface area (Å²) in [6.07, 6.45) is 1.09. The Bertz CT molecular complexity index is 425. The van der Waals surface area contributed by atoms with E-state index in [-0.39, 0.29) is 5.41 Å². The lowest BCUT2D eigenvalue weighted by Crippen LogP contribution is -2.48. The molecule has 0 aliphatic carbocycles. The van der Waals surface area contributed by atoms with Crippen LogP contribution in [0.4, 0.5) is 0 Å². The second-order valence-corrected chi connectivity index (χ2v) is 5.26. The molecule has 0 atom stereocenters. The van der Waals surface area contributed by atoms with Crippen molar-refractivity contribution in [3.05, 3.63) is 28.8 Å². The Kier molecular flexibility index (Phi) is 3.93. The molecule has 1 saturated heterocycles. The van der Waals surface area contributed by atoms with Crippen molar-refractivity contribution in [2.24, 2.45) is 0 Å². The number of nitrogens with one attached hydrogen (secondary N) is 1. The summed E-state index contributed by atoms with van der Waals surface area (Å²) in [5.41, 5.74) is 4.03. The Labute approximate surface area is 109 Å². The molecule has 1 aliphatic rings. The third kappa shape index (κ3) is 2.25. The molecule has 1 N–H and O–H groups in total. The highest BCUT2D eigenvalue weighted by Gasteiger charge is 2.41. The van der Waals surface area contributed by atoms with E-state index in [1.165, 1.54) is 16.7 Å². The molecular weight excluding hydrogens is 226 g/mol. The van der Waals surface area contributed by atoms with Gasteiger partial charge in [-0.15, -0.1) is 0 Å². The molecular formula is C15H23NO2. The lowest BCUT2D eigenvalue weighted by atomic mass is 9.74. The first-order valence-corrected chi connectivity index (χ1v) is 6.51. The van der Waals surface area contributed by atoms with Gasteiger partial charge >= 0.3 is 0 Å². The van der Waals surface area contributed by atoms with Crippen molar-refractivity contribution in [3.8, 4) is 5.75 Å². The van der Waals surface area contributed by atoms with Crippen molar-refractivity contribution in [1.82, 2.24) is 5.32 Å². The lowest BCUT2D eigenvalue weighted by molar-refractivity contribution is -0.0647. The van der Waals surface area contributed by atoms with Crippen LogP contribution in [0.2, 0.25) is 0 Å². The number of benzene rings is 1. The number of methoxy groups -OCH3 is 1. The maximum atomic E-state index is 5.57. The number of aryl methyl sites for hydroxylation is 2. The third-order valence-corrected chi connectivity index (χ3v) is 4.00. The number of hydrogen-bond donors (Lipinski definition) is 1. The van der Waals surface area contributed by atoms with E-state index in [1.807, 2.05) is 7.05 Å². The van der Waals surface area contributed by atoms with Gasteiger partial charge in [0.25, 0.3) is 0 Å². The van der Waals surface area contributed by atoms with Crippen molar-refractivity contribution >= 4 is 0 Å². The molecule has 0 bridgehead atoms. The molecule has 0 aromatic heterocycles. The van der Waals surface area contributed by atoms with E-state index >= 15 is 0 Å². The molecule has 1 fully saturated rings. The summed E-state index contributed by atoms with van der Waals surface area (Å²) in [5, 5.41) is 3.23. The van der Waals surface area contributed by atoms with Crippen molar-refractivity contribution in [1.29, 1.82) is 0 Å². The molecule has 0 unspecified atom stereocenters. The van der Waals surface area contributed by atoms with E-state index in [0.29, 0.717) is 0 Å². The van der Waals surface area contributed by atoms with Crippen LogP contribution in [0.1, 0.15) is 23.1 Å². The molecule has 0 saturated carbocycles. The fourth-order valence-corrected chi connectivity index (χ4v) is 2.52. The molecule has 1 aromatic carbocycles. The topological polar surface area (TPSA) is 30.5 Å². The summed E-state index contributed by atoms with van der Waals surface area (Å²) in [6.45, 7) is 6.88. The zero-order chi connectivity index (χ0) is 13.2. The molecule has 100 valence electrons. The fourth-order valence-electron chi connectivity index (χ4n) is 2.52. The lowest BCUT2D eigenvalue weighted by Gasteiger charge is -2.43. The molecule has 2 rings (SSSR count). The van der Waals surface area contributed by atoms with Crippen molar-refractivity contribution in [3.63, 3.8) is 0 Å².